The number of hydrogen-bond acceptors (Lipinski definition) is 2. The van der Waals surface area contributed by atoms with Crippen molar-refractivity contribution in [3.05, 3.63) is 24.0 Å². The molecule has 2 N–H and O–H groups in total. The van der Waals surface area contributed by atoms with Gasteiger partial charge in [0.2, 0.25) is 0 Å². The molecule has 90 valence electrons. The molecular weight excluding hydrogens is 204 g/mol. The van der Waals surface area contributed by atoms with Crippen LogP contribution in [0.15, 0.2) is 18.3 Å². The Morgan fingerprint density at radius 2 is 1.94 bits per heavy atom. The molecule has 1 aromatic rings. The van der Waals surface area contributed by atoms with Gasteiger partial charge in [-0.1, -0.05) is 0 Å². The molecule has 1 aromatic heterocycles. The summed E-state index contributed by atoms with van der Waals surface area (Å²) < 4.78 is 1.75. The van der Waals surface area contributed by atoms with E-state index in [1.165, 1.54) is 0 Å². The lowest BCUT2D eigenvalue weighted by molar-refractivity contribution is -0.00308. The Kier molecular flexibility index (Phi) is 3.15. The Bertz CT molecular complexity index is 386. The van der Waals surface area contributed by atoms with Gasteiger partial charge in [0, 0.05) is 13.2 Å². The first-order valence-corrected chi connectivity index (χ1v) is 5.31. The van der Waals surface area contributed by atoms with Crippen LogP contribution < -0.4 is 5.32 Å². The molecule has 16 heavy (non-hydrogen) atoms. The molecule has 4 heteroatoms. The van der Waals surface area contributed by atoms with Crippen LogP contribution in [0.25, 0.3) is 0 Å². The molecular formula is C12H20N2O2. The van der Waals surface area contributed by atoms with E-state index in [2.05, 4.69) is 5.32 Å². The van der Waals surface area contributed by atoms with Gasteiger partial charge in [-0.15, -0.1) is 0 Å². The fourth-order valence-corrected chi connectivity index (χ4v) is 1.20. The lowest BCUT2D eigenvalue weighted by Crippen LogP contribution is -2.57. The van der Waals surface area contributed by atoms with Crippen LogP contribution in [0.4, 0.5) is 0 Å². The molecule has 0 aliphatic carbocycles. The summed E-state index contributed by atoms with van der Waals surface area (Å²) in [4.78, 5) is 11.9. The number of carbonyl (C=O) groups excluding carboxylic acids is 1. The first-order valence-electron chi connectivity index (χ1n) is 5.31. The number of aromatic nitrogens is 1. The molecule has 0 bridgehead atoms. The quantitative estimate of drug-likeness (QED) is 0.813. The normalized spacial score (nSPS) is 12.6. The van der Waals surface area contributed by atoms with Gasteiger partial charge in [0.25, 0.3) is 5.91 Å². The number of aryl methyl sites for hydroxylation is 1. The van der Waals surface area contributed by atoms with Crippen molar-refractivity contribution in [3.8, 4) is 0 Å². The van der Waals surface area contributed by atoms with Gasteiger partial charge in [0.15, 0.2) is 0 Å². The van der Waals surface area contributed by atoms with Crippen molar-refractivity contribution in [1.29, 1.82) is 0 Å². The van der Waals surface area contributed by atoms with Gasteiger partial charge < -0.3 is 15.0 Å². The van der Waals surface area contributed by atoms with E-state index in [-0.39, 0.29) is 5.91 Å². The summed E-state index contributed by atoms with van der Waals surface area (Å²) in [5, 5.41) is 12.8. The maximum atomic E-state index is 11.9. The Hall–Kier alpha value is -1.29. The second-order valence-corrected chi connectivity index (χ2v) is 5.14. The van der Waals surface area contributed by atoms with Crippen LogP contribution in [0.5, 0.6) is 0 Å². The fraction of sp³-hybridized carbons (Fsp3) is 0.583. The highest BCUT2D eigenvalue weighted by atomic mass is 16.3. The zero-order chi connectivity index (χ0) is 12.6. The van der Waals surface area contributed by atoms with Crippen molar-refractivity contribution in [2.24, 2.45) is 7.05 Å². The van der Waals surface area contributed by atoms with Crippen molar-refractivity contribution in [3.63, 3.8) is 0 Å². The monoisotopic (exact) mass is 224 g/mol. The van der Waals surface area contributed by atoms with Crippen molar-refractivity contribution < 1.29 is 9.90 Å². The van der Waals surface area contributed by atoms with Crippen LogP contribution in [0.3, 0.4) is 0 Å². The summed E-state index contributed by atoms with van der Waals surface area (Å²) in [7, 11) is 1.81. The third-order valence-corrected chi connectivity index (χ3v) is 3.13. The van der Waals surface area contributed by atoms with Gasteiger partial charge in [-0.3, -0.25) is 4.79 Å². The summed E-state index contributed by atoms with van der Waals surface area (Å²) in [6.45, 7) is 6.96. The van der Waals surface area contributed by atoms with E-state index < -0.39 is 11.1 Å². The van der Waals surface area contributed by atoms with Gasteiger partial charge in [-0.2, -0.15) is 0 Å². The second kappa shape index (κ2) is 3.94. The Labute approximate surface area is 96.3 Å². The maximum Gasteiger partial charge on any atom is 0.268 e. The first-order chi connectivity index (χ1) is 7.15. The minimum atomic E-state index is -0.978. The molecule has 0 aliphatic heterocycles. The predicted molar refractivity (Wildman–Crippen MR) is 63.3 cm³/mol. The lowest BCUT2D eigenvalue weighted by atomic mass is 9.86. The number of rotatable bonds is 3. The zero-order valence-corrected chi connectivity index (χ0v) is 10.5. The number of hydrogen-bond donors (Lipinski definition) is 2. The van der Waals surface area contributed by atoms with Crippen molar-refractivity contribution in [2.45, 2.75) is 38.8 Å². The molecule has 1 rings (SSSR count). The highest BCUT2D eigenvalue weighted by Crippen LogP contribution is 2.21. The van der Waals surface area contributed by atoms with Crippen molar-refractivity contribution in [1.82, 2.24) is 9.88 Å². The SMILES string of the molecule is Cn1cccc1C(=O)NC(C)(C)C(C)(C)O. The van der Waals surface area contributed by atoms with Gasteiger partial charge in [0.1, 0.15) is 5.69 Å². The van der Waals surface area contributed by atoms with E-state index in [1.54, 1.807) is 38.3 Å². The summed E-state index contributed by atoms with van der Waals surface area (Å²) in [5.74, 6) is -0.181. The molecule has 1 heterocycles. The number of nitrogens with one attached hydrogen (secondary N) is 1. The average molecular weight is 224 g/mol. The van der Waals surface area contributed by atoms with Crippen LogP contribution in [-0.4, -0.2) is 26.7 Å². The Balaban J connectivity index is 2.84. The molecule has 0 aromatic carbocycles. The Morgan fingerprint density at radius 1 is 1.38 bits per heavy atom. The number of amides is 1. The first kappa shape index (κ1) is 12.8. The van der Waals surface area contributed by atoms with Crippen molar-refractivity contribution >= 4 is 5.91 Å². The average Bonchev–Trinajstić information content (AvgIpc) is 2.48. The van der Waals surface area contributed by atoms with E-state index in [4.69, 9.17) is 0 Å². The van der Waals surface area contributed by atoms with Crippen LogP contribution in [-0.2, 0) is 7.05 Å². The summed E-state index contributed by atoms with van der Waals surface area (Å²) in [5.41, 5.74) is -1.08. The topological polar surface area (TPSA) is 54.3 Å². The molecule has 0 saturated carbocycles. The number of carbonyl (C=O) groups is 1. The third kappa shape index (κ3) is 2.44. The van der Waals surface area contributed by atoms with Crippen LogP contribution >= 0.6 is 0 Å². The van der Waals surface area contributed by atoms with Crippen LogP contribution in [0.1, 0.15) is 38.2 Å². The van der Waals surface area contributed by atoms with Gasteiger partial charge in [-0.25, -0.2) is 0 Å². The lowest BCUT2D eigenvalue weighted by Gasteiger charge is -2.37. The summed E-state index contributed by atoms with van der Waals surface area (Å²) >= 11 is 0. The molecule has 0 radical (unpaired) electrons. The van der Waals surface area contributed by atoms with E-state index in [0.717, 1.165) is 0 Å². The third-order valence-electron chi connectivity index (χ3n) is 3.13. The largest absolute Gasteiger partial charge is 0.388 e. The van der Waals surface area contributed by atoms with Gasteiger partial charge in [-0.05, 0) is 39.8 Å². The van der Waals surface area contributed by atoms with E-state index in [0.29, 0.717) is 5.69 Å². The molecule has 1 amide bonds. The van der Waals surface area contributed by atoms with E-state index >= 15 is 0 Å². The van der Waals surface area contributed by atoms with Crippen LogP contribution in [0.2, 0.25) is 0 Å². The predicted octanol–water partition coefficient (Wildman–Crippen LogP) is 1.30. The zero-order valence-electron chi connectivity index (χ0n) is 10.5. The Morgan fingerprint density at radius 3 is 2.31 bits per heavy atom. The fourth-order valence-electron chi connectivity index (χ4n) is 1.20. The molecule has 4 nitrogen and oxygen atoms in total. The van der Waals surface area contributed by atoms with Gasteiger partial charge in [0.05, 0.1) is 11.1 Å². The van der Waals surface area contributed by atoms with Crippen LogP contribution in [0, 0.1) is 0 Å². The standard InChI is InChI=1S/C12H20N2O2/c1-11(2,12(3,4)16)13-10(15)9-7-6-8-14(9)5/h6-8,16H,1-5H3,(H,13,15). The molecule has 0 fully saturated rings. The highest BCUT2D eigenvalue weighted by Gasteiger charge is 2.36. The number of aliphatic hydroxyl groups is 1. The molecule has 0 aliphatic rings. The molecule has 0 unspecified atom stereocenters. The highest BCUT2D eigenvalue weighted by molar-refractivity contribution is 5.93. The minimum Gasteiger partial charge on any atom is -0.388 e. The minimum absolute atomic E-state index is 0.181. The number of nitrogens with zero attached hydrogens (tertiary/aromatic N) is 1. The summed E-state index contributed by atoms with van der Waals surface area (Å²) in [6, 6.07) is 3.56. The van der Waals surface area contributed by atoms with Crippen molar-refractivity contribution in [2.75, 3.05) is 0 Å². The van der Waals surface area contributed by atoms with Gasteiger partial charge >= 0.3 is 0 Å². The molecule has 0 spiro atoms. The second-order valence-electron chi connectivity index (χ2n) is 5.14. The molecule has 0 atom stereocenters. The molecule has 0 saturated heterocycles. The maximum absolute atomic E-state index is 11.9. The smallest absolute Gasteiger partial charge is 0.268 e. The van der Waals surface area contributed by atoms with E-state index in [1.807, 2.05) is 19.3 Å². The summed E-state index contributed by atoms with van der Waals surface area (Å²) in [6.07, 6.45) is 1.81. The van der Waals surface area contributed by atoms with E-state index in [9.17, 15) is 9.90 Å².